The van der Waals surface area contributed by atoms with Crippen molar-refractivity contribution >= 4 is 35.3 Å². The van der Waals surface area contributed by atoms with E-state index < -0.39 is 0 Å². The van der Waals surface area contributed by atoms with Gasteiger partial charge in [-0.3, -0.25) is 9.59 Å². The van der Waals surface area contributed by atoms with Gasteiger partial charge in [0.05, 0.1) is 37.0 Å². The molecule has 2 aliphatic heterocycles. The number of hydrogen-bond acceptors (Lipinski definition) is 8. The molecule has 2 heterocycles. The minimum absolute atomic E-state index is 0.0172. The largest absolute Gasteiger partial charge is 0.315 e. The molecule has 0 radical (unpaired) electrons. The summed E-state index contributed by atoms with van der Waals surface area (Å²) in [5, 5.41) is 25.9. The molecule has 6 aliphatic rings. The lowest BCUT2D eigenvalue weighted by molar-refractivity contribution is -0.132. The van der Waals surface area contributed by atoms with Gasteiger partial charge in [0.25, 0.3) is 0 Å². The molecular formula is C22H30N6O2S2. The van der Waals surface area contributed by atoms with Gasteiger partial charge in [0.15, 0.2) is 0 Å². The highest BCUT2D eigenvalue weighted by atomic mass is 32.2. The van der Waals surface area contributed by atoms with E-state index in [9.17, 15) is 20.1 Å². The fraction of sp³-hybridized carbons (Fsp3) is 0.818. The first-order chi connectivity index (χ1) is 15.4. The van der Waals surface area contributed by atoms with Crippen LogP contribution < -0.4 is 10.6 Å². The Labute approximate surface area is 197 Å². The molecule has 6 fully saturated rings. The van der Waals surface area contributed by atoms with E-state index in [4.69, 9.17) is 0 Å². The van der Waals surface area contributed by atoms with Crippen LogP contribution in [0.15, 0.2) is 0 Å². The van der Waals surface area contributed by atoms with Gasteiger partial charge in [-0.1, -0.05) is 0 Å². The molecule has 2 unspecified atom stereocenters. The van der Waals surface area contributed by atoms with Crippen molar-refractivity contribution in [1.29, 1.82) is 10.5 Å². The molecule has 6 rings (SSSR count). The lowest BCUT2D eigenvalue weighted by Gasteiger charge is -2.62. The normalized spacial score (nSPS) is 39.8. The van der Waals surface area contributed by atoms with E-state index in [-0.39, 0.29) is 48.1 Å². The van der Waals surface area contributed by atoms with E-state index >= 15 is 0 Å². The Morgan fingerprint density at radius 3 is 1.69 bits per heavy atom. The highest BCUT2D eigenvalue weighted by Gasteiger charge is 2.57. The van der Waals surface area contributed by atoms with Crippen LogP contribution in [0.4, 0.5) is 0 Å². The highest BCUT2D eigenvalue weighted by molar-refractivity contribution is 7.99. The maximum atomic E-state index is 12.8. The third-order valence-corrected chi connectivity index (χ3v) is 10.0. The van der Waals surface area contributed by atoms with Gasteiger partial charge < -0.3 is 20.4 Å². The molecule has 32 heavy (non-hydrogen) atoms. The summed E-state index contributed by atoms with van der Waals surface area (Å²) in [6, 6.07) is 3.85. The molecule has 8 nitrogen and oxygen atoms in total. The summed E-state index contributed by atoms with van der Waals surface area (Å²) in [6.45, 7) is 0.560. The second-order valence-corrected chi connectivity index (χ2v) is 12.2. The van der Waals surface area contributed by atoms with E-state index in [2.05, 4.69) is 22.8 Å². The van der Waals surface area contributed by atoms with Crippen LogP contribution in [0.2, 0.25) is 0 Å². The maximum absolute atomic E-state index is 12.8. The molecule has 0 aromatic heterocycles. The summed E-state index contributed by atoms with van der Waals surface area (Å²) in [7, 11) is 0. The average Bonchev–Trinajstić information content (AvgIpc) is 3.44. The van der Waals surface area contributed by atoms with E-state index in [1.807, 2.05) is 0 Å². The molecule has 2 saturated heterocycles. The molecule has 2 amide bonds. The van der Waals surface area contributed by atoms with Crippen LogP contribution in [0.25, 0.3) is 0 Å². The number of carbonyl (C=O) groups excluding carboxylic acids is 2. The van der Waals surface area contributed by atoms with Crippen LogP contribution in [0.1, 0.15) is 38.5 Å². The monoisotopic (exact) mass is 474 g/mol. The summed E-state index contributed by atoms with van der Waals surface area (Å²) < 4.78 is 0. The molecule has 4 saturated carbocycles. The van der Waals surface area contributed by atoms with E-state index in [0.29, 0.717) is 35.1 Å². The van der Waals surface area contributed by atoms with Gasteiger partial charge in [-0.05, 0) is 50.4 Å². The smallest absolute Gasteiger partial charge is 0.238 e. The van der Waals surface area contributed by atoms with Crippen LogP contribution in [0.5, 0.6) is 0 Å². The quantitative estimate of drug-likeness (QED) is 0.589. The van der Waals surface area contributed by atoms with Crippen molar-refractivity contribution in [3.05, 3.63) is 0 Å². The van der Waals surface area contributed by atoms with Crippen LogP contribution >= 0.6 is 23.5 Å². The second kappa shape index (κ2) is 8.72. The first-order valence-corrected chi connectivity index (χ1v) is 13.8. The first-order valence-electron chi connectivity index (χ1n) is 11.5. The van der Waals surface area contributed by atoms with Gasteiger partial charge >= 0.3 is 0 Å². The number of amides is 2. The molecule has 2 atom stereocenters. The molecule has 0 aromatic carbocycles. The van der Waals surface area contributed by atoms with Crippen LogP contribution in [0.3, 0.4) is 0 Å². The van der Waals surface area contributed by atoms with E-state index in [1.54, 1.807) is 33.3 Å². The third kappa shape index (κ3) is 4.11. The van der Waals surface area contributed by atoms with Crippen molar-refractivity contribution in [2.45, 2.75) is 61.7 Å². The van der Waals surface area contributed by atoms with Crippen molar-refractivity contribution < 1.29 is 9.59 Å². The summed E-state index contributed by atoms with van der Waals surface area (Å²) in [4.78, 5) is 29.0. The van der Waals surface area contributed by atoms with Crippen molar-refractivity contribution in [2.24, 2.45) is 11.8 Å². The Kier molecular flexibility index (Phi) is 6.08. The Balaban J connectivity index is 1.22. The standard InChI is InChI=1S/C22H30N6O2S2/c23-6-17-10-31-13-27(17)19(29)8-25-21-2-15-1-16(4-21)5-22(3-15,12-21)26-9-20(30)28-14-32-11-18(28)7-24/h15-18,25-26H,1-5,8-14H2. The Bertz CT molecular complexity index is 789. The number of thioether (sulfide) groups is 2. The number of nitrogens with one attached hydrogen (secondary N) is 2. The van der Waals surface area contributed by atoms with E-state index in [1.165, 1.54) is 6.42 Å². The molecule has 0 aromatic rings. The fourth-order valence-electron chi connectivity index (χ4n) is 7.00. The highest BCUT2D eigenvalue weighted by Crippen LogP contribution is 2.57. The van der Waals surface area contributed by atoms with Crippen LogP contribution in [-0.2, 0) is 9.59 Å². The molecular weight excluding hydrogens is 444 g/mol. The molecule has 4 aliphatic carbocycles. The lowest BCUT2D eigenvalue weighted by atomic mass is 9.50. The zero-order valence-corrected chi connectivity index (χ0v) is 19.8. The zero-order valence-electron chi connectivity index (χ0n) is 18.2. The first kappa shape index (κ1) is 22.3. The van der Waals surface area contributed by atoms with Crippen molar-refractivity contribution in [2.75, 3.05) is 36.3 Å². The Morgan fingerprint density at radius 1 is 0.844 bits per heavy atom. The van der Waals surface area contributed by atoms with Gasteiger partial charge in [-0.2, -0.15) is 10.5 Å². The zero-order chi connectivity index (χ0) is 22.3. The van der Waals surface area contributed by atoms with Gasteiger partial charge in [0.1, 0.15) is 12.1 Å². The summed E-state index contributed by atoms with van der Waals surface area (Å²) in [5.74, 6) is 3.86. The van der Waals surface area contributed by atoms with Crippen LogP contribution in [-0.4, -0.2) is 81.1 Å². The molecule has 0 spiro atoms. The molecule has 2 N–H and O–H groups in total. The fourth-order valence-corrected chi connectivity index (χ4v) is 9.20. The number of hydrogen-bond donors (Lipinski definition) is 2. The van der Waals surface area contributed by atoms with Crippen molar-refractivity contribution in [3.63, 3.8) is 0 Å². The molecule has 172 valence electrons. The minimum atomic E-state index is -0.314. The average molecular weight is 475 g/mol. The number of rotatable bonds is 6. The van der Waals surface area contributed by atoms with Gasteiger partial charge in [-0.25, -0.2) is 0 Å². The van der Waals surface area contributed by atoms with E-state index in [0.717, 1.165) is 32.1 Å². The predicted molar refractivity (Wildman–Crippen MR) is 123 cm³/mol. The number of nitrogens with zero attached hydrogens (tertiary/aromatic N) is 4. The summed E-state index contributed by atoms with van der Waals surface area (Å²) in [6.07, 6.45) is 6.52. The molecule has 10 heteroatoms. The Hall–Kier alpha value is -1.46. The van der Waals surface area contributed by atoms with Gasteiger partial charge in [0, 0.05) is 22.6 Å². The van der Waals surface area contributed by atoms with Gasteiger partial charge in [-0.15, -0.1) is 23.5 Å². The second-order valence-electron chi connectivity index (χ2n) is 10.2. The maximum Gasteiger partial charge on any atom is 0.238 e. The third-order valence-electron chi connectivity index (χ3n) is 7.99. The number of nitriles is 2. The van der Waals surface area contributed by atoms with Crippen molar-refractivity contribution in [1.82, 2.24) is 20.4 Å². The summed E-state index contributed by atoms with van der Waals surface area (Å²) >= 11 is 3.27. The lowest BCUT2D eigenvalue weighted by Crippen LogP contribution is -2.69. The number of carbonyl (C=O) groups is 2. The van der Waals surface area contributed by atoms with Crippen molar-refractivity contribution in [3.8, 4) is 12.1 Å². The minimum Gasteiger partial charge on any atom is -0.315 e. The predicted octanol–water partition coefficient (Wildman–Crippen LogP) is 1.11. The Morgan fingerprint density at radius 2 is 1.28 bits per heavy atom. The van der Waals surface area contributed by atoms with Crippen LogP contribution in [0, 0.1) is 34.5 Å². The van der Waals surface area contributed by atoms with Gasteiger partial charge in [0.2, 0.25) is 11.8 Å². The SMILES string of the molecule is N#CC1CSCN1C(=O)CNC12CC3CC(C1)CC(NCC(=O)N1CSCC1C#N)(C3)C2. The topological polar surface area (TPSA) is 112 Å². The molecule has 4 bridgehead atoms. The summed E-state index contributed by atoms with van der Waals surface area (Å²) in [5.41, 5.74) is -0.132.